The normalized spacial score (nSPS) is 11.0. The minimum Gasteiger partial charge on any atom is -0.322 e. The second kappa shape index (κ2) is 8.27. The molecule has 0 fully saturated rings. The van der Waals surface area contributed by atoms with Gasteiger partial charge in [0.05, 0.1) is 11.1 Å². The van der Waals surface area contributed by atoms with E-state index in [1.54, 1.807) is 6.07 Å². The second-order valence-electron chi connectivity index (χ2n) is 7.98. The van der Waals surface area contributed by atoms with E-state index in [0.717, 1.165) is 22.5 Å². The van der Waals surface area contributed by atoms with E-state index in [0.29, 0.717) is 11.1 Å². The molecule has 0 unspecified atom stereocenters. The average Bonchev–Trinajstić information content (AvgIpc) is 2.69. The summed E-state index contributed by atoms with van der Waals surface area (Å²) in [5, 5.41) is 5.81. The van der Waals surface area contributed by atoms with Gasteiger partial charge in [0.25, 0.3) is 11.8 Å². The molecule has 3 aromatic rings. The third-order valence-electron chi connectivity index (χ3n) is 4.64. The van der Waals surface area contributed by atoms with Crippen molar-refractivity contribution in [3.63, 3.8) is 0 Å². The van der Waals surface area contributed by atoms with Crippen LogP contribution >= 0.6 is 0 Å². The minimum atomic E-state index is -0.309. The molecule has 2 aromatic carbocycles. The Morgan fingerprint density at radius 2 is 1.31 bits per heavy atom. The fraction of sp³-hybridized carbons (Fsp3) is 0.208. The summed E-state index contributed by atoms with van der Waals surface area (Å²) in [4.78, 5) is 29.5. The first-order valence-corrected chi connectivity index (χ1v) is 9.48. The van der Waals surface area contributed by atoms with Gasteiger partial charge in [-0.15, -0.1) is 0 Å². The van der Waals surface area contributed by atoms with Crippen molar-refractivity contribution in [1.82, 2.24) is 4.98 Å². The van der Waals surface area contributed by atoms with E-state index in [4.69, 9.17) is 0 Å². The molecule has 2 N–H and O–H groups in total. The summed E-state index contributed by atoms with van der Waals surface area (Å²) in [6.45, 7) is 8.20. The number of rotatable bonds is 4. The molecule has 0 aliphatic heterocycles. The highest BCUT2D eigenvalue weighted by Crippen LogP contribution is 2.29. The van der Waals surface area contributed by atoms with Gasteiger partial charge in [-0.3, -0.25) is 14.6 Å². The number of nitrogens with zero attached hydrogens (tertiary/aromatic N) is 1. The largest absolute Gasteiger partial charge is 0.322 e. The highest BCUT2D eigenvalue weighted by Gasteiger charge is 2.19. The zero-order chi connectivity index (χ0) is 21.0. The summed E-state index contributed by atoms with van der Waals surface area (Å²) in [6, 6.07) is 16.8. The number of amides is 2. The van der Waals surface area contributed by atoms with Gasteiger partial charge < -0.3 is 10.6 Å². The first-order valence-electron chi connectivity index (χ1n) is 9.48. The van der Waals surface area contributed by atoms with Crippen LogP contribution in [0.3, 0.4) is 0 Å². The Labute approximate surface area is 171 Å². The molecular weight excluding hydrogens is 362 g/mol. The lowest BCUT2D eigenvalue weighted by Gasteiger charge is -2.23. The number of nitrogens with one attached hydrogen (secondary N) is 2. The van der Waals surface area contributed by atoms with Gasteiger partial charge >= 0.3 is 0 Å². The Kier molecular flexibility index (Phi) is 5.78. The monoisotopic (exact) mass is 387 g/mol. The molecule has 0 saturated heterocycles. The summed E-state index contributed by atoms with van der Waals surface area (Å²) in [6.07, 6.45) is 2.91. The molecule has 0 radical (unpaired) electrons. The maximum Gasteiger partial charge on any atom is 0.257 e. The predicted molar refractivity (Wildman–Crippen MR) is 116 cm³/mol. The molecule has 0 saturated carbocycles. The number of hydrogen-bond acceptors (Lipinski definition) is 3. The van der Waals surface area contributed by atoms with Gasteiger partial charge in [0.1, 0.15) is 0 Å². The molecule has 0 aliphatic carbocycles. The van der Waals surface area contributed by atoms with Gasteiger partial charge in [-0.1, -0.05) is 57.2 Å². The van der Waals surface area contributed by atoms with Crippen LogP contribution in [0.1, 0.15) is 52.6 Å². The number of anilines is 2. The number of carbonyl (C=O) groups excluding carboxylic acids is 2. The predicted octanol–water partition coefficient (Wildman–Crippen LogP) is 5.19. The van der Waals surface area contributed by atoms with E-state index >= 15 is 0 Å². The fourth-order valence-corrected chi connectivity index (χ4v) is 3.04. The zero-order valence-corrected chi connectivity index (χ0v) is 17.1. The Balaban J connectivity index is 1.80. The molecule has 2 amide bonds. The third-order valence-corrected chi connectivity index (χ3v) is 4.64. The molecular formula is C24H25N3O2. The standard InChI is InChI=1S/C24H25N3O2/c1-16-9-5-7-11-20(16)26-22(28)17-13-18(15-25-14-17)23(29)27-21-12-8-6-10-19(21)24(2,3)4/h5-15H,1-4H3,(H,26,28)(H,27,29). The van der Waals surface area contributed by atoms with Crippen molar-refractivity contribution in [3.05, 3.63) is 89.2 Å². The van der Waals surface area contributed by atoms with Gasteiger partial charge in [0.15, 0.2) is 0 Å². The Bertz CT molecular complexity index is 1050. The molecule has 0 bridgehead atoms. The van der Waals surface area contributed by atoms with E-state index in [1.165, 1.54) is 12.4 Å². The van der Waals surface area contributed by atoms with Crippen LogP contribution < -0.4 is 10.6 Å². The minimum absolute atomic E-state index is 0.114. The fourth-order valence-electron chi connectivity index (χ4n) is 3.04. The number of pyridine rings is 1. The van der Waals surface area contributed by atoms with Crippen LogP contribution in [-0.4, -0.2) is 16.8 Å². The van der Waals surface area contributed by atoms with E-state index in [9.17, 15) is 9.59 Å². The van der Waals surface area contributed by atoms with Gasteiger partial charge in [-0.2, -0.15) is 0 Å². The van der Waals surface area contributed by atoms with Crippen LogP contribution in [0.25, 0.3) is 0 Å². The maximum absolute atomic E-state index is 12.8. The van der Waals surface area contributed by atoms with E-state index in [-0.39, 0.29) is 17.2 Å². The maximum atomic E-state index is 12.8. The molecule has 5 nitrogen and oxygen atoms in total. The van der Waals surface area contributed by atoms with Crippen molar-refractivity contribution in [2.75, 3.05) is 10.6 Å². The molecule has 3 rings (SSSR count). The van der Waals surface area contributed by atoms with E-state index in [2.05, 4.69) is 36.4 Å². The number of benzene rings is 2. The zero-order valence-electron chi connectivity index (χ0n) is 17.1. The number of carbonyl (C=O) groups is 2. The van der Waals surface area contributed by atoms with Crippen molar-refractivity contribution in [2.24, 2.45) is 0 Å². The number of aromatic nitrogens is 1. The summed E-state index contributed by atoms with van der Waals surface area (Å²) >= 11 is 0. The molecule has 1 aromatic heterocycles. The second-order valence-corrected chi connectivity index (χ2v) is 7.98. The third kappa shape index (κ3) is 4.88. The van der Waals surface area contributed by atoms with Crippen LogP contribution in [0.5, 0.6) is 0 Å². The van der Waals surface area contributed by atoms with Gasteiger partial charge in [0, 0.05) is 23.8 Å². The SMILES string of the molecule is Cc1ccccc1NC(=O)c1cncc(C(=O)Nc2ccccc2C(C)(C)C)c1. The molecule has 1 heterocycles. The van der Waals surface area contributed by atoms with E-state index < -0.39 is 0 Å². The molecule has 148 valence electrons. The van der Waals surface area contributed by atoms with Crippen molar-refractivity contribution in [1.29, 1.82) is 0 Å². The lowest BCUT2D eigenvalue weighted by molar-refractivity contribution is 0.102. The summed E-state index contributed by atoms with van der Waals surface area (Å²) in [5.74, 6) is -0.615. The van der Waals surface area contributed by atoms with Crippen molar-refractivity contribution >= 4 is 23.2 Å². The first-order chi connectivity index (χ1) is 13.8. The summed E-state index contributed by atoms with van der Waals surface area (Å²) in [7, 11) is 0. The number of hydrogen-bond donors (Lipinski definition) is 2. The van der Waals surface area contributed by atoms with Crippen LogP contribution in [-0.2, 0) is 5.41 Å². The quantitative estimate of drug-likeness (QED) is 0.647. The van der Waals surface area contributed by atoms with Crippen LogP contribution in [0.15, 0.2) is 67.0 Å². The number of aryl methyl sites for hydroxylation is 1. The van der Waals surface area contributed by atoms with Gasteiger partial charge in [-0.25, -0.2) is 0 Å². The van der Waals surface area contributed by atoms with Crippen molar-refractivity contribution in [2.45, 2.75) is 33.1 Å². The Hall–Kier alpha value is -3.47. The topological polar surface area (TPSA) is 71.1 Å². The van der Waals surface area contributed by atoms with Crippen molar-refractivity contribution in [3.8, 4) is 0 Å². The number of para-hydroxylation sites is 2. The molecule has 0 aliphatic rings. The van der Waals surface area contributed by atoms with Gasteiger partial charge in [-0.05, 0) is 41.7 Å². The van der Waals surface area contributed by atoms with E-state index in [1.807, 2.05) is 55.5 Å². The highest BCUT2D eigenvalue weighted by atomic mass is 16.2. The molecule has 5 heteroatoms. The van der Waals surface area contributed by atoms with Crippen molar-refractivity contribution < 1.29 is 9.59 Å². The molecule has 29 heavy (non-hydrogen) atoms. The van der Waals surface area contributed by atoms with Crippen LogP contribution in [0, 0.1) is 6.92 Å². The highest BCUT2D eigenvalue weighted by molar-refractivity contribution is 6.08. The Morgan fingerprint density at radius 1 is 0.793 bits per heavy atom. The molecule has 0 atom stereocenters. The van der Waals surface area contributed by atoms with Gasteiger partial charge in [0.2, 0.25) is 0 Å². The first kappa shape index (κ1) is 20.3. The Morgan fingerprint density at radius 3 is 1.90 bits per heavy atom. The van der Waals surface area contributed by atoms with Crippen LogP contribution in [0.2, 0.25) is 0 Å². The summed E-state index contributed by atoms with van der Waals surface area (Å²) < 4.78 is 0. The smallest absolute Gasteiger partial charge is 0.257 e. The average molecular weight is 387 g/mol. The lowest BCUT2D eigenvalue weighted by Crippen LogP contribution is -2.19. The lowest BCUT2D eigenvalue weighted by atomic mass is 9.86. The van der Waals surface area contributed by atoms with Crippen LogP contribution in [0.4, 0.5) is 11.4 Å². The molecule has 0 spiro atoms. The summed E-state index contributed by atoms with van der Waals surface area (Å²) in [5.41, 5.74) is 4.01.